The van der Waals surface area contributed by atoms with E-state index in [4.69, 9.17) is 4.74 Å². The number of methoxy groups -OCH3 is 1. The lowest BCUT2D eigenvalue weighted by Crippen LogP contribution is -2.19. The predicted molar refractivity (Wildman–Crippen MR) is 60.4 cm³/mol. The van der Waals surface area contributed by atoms with Crippen molar-refractivity contribution in [3.8, 4) is 0 Å². The van der Waals surface area contributed by atoms with E-state index in [0.29, 0.717) is 0 Å². The van der Waals surface area contributed by atoms with Crippen molar-refractivity contribution in [3.63, 3.8) is 0 Å². The SMILES string of the molecule is COC(C)c1cccc(C2(C(=O)O)CC2)c1. The van der Waals surface area contributed by atoms with Gasteiger partial charge in [-0.15, -0.1) is 0 Å². The van der Waals surface area contributed by atoms with Crippen LogP contribution in [0.2, 0.25) is 0 Å². The van der Waals surface area contributed by atoms with Crippen molar-refractivity contribution in [2.75, 3.05) is 7.11 Å². The number of benzene rings is 1. The van der Waals surface area contributed by atoms with Crippen molar-refractivity contribution in [3.05, 3.63) is 35.4 Å². The molecule has 0 aliphatic heterocycles. The van der Waals surface area contributed by atoms with Crippen LogP contribution in [-0.2, 0) is 14.9 Å². The minimum Gasteiger partial charge on any atom is -0.481 e. The molecule has 0 aromatic heterocycles. The van der Waals surface area contributed by atoms with E-state index >= 15 is 0 Å². The number of hydrogen-bond acceptors (Lipinski definition) is 2. The highest BCUT2D eigenvalue weighted by Gasteiger charge is 2.51. The van der Waals surface area contributed by atoms with E-state index in [1.807, 2.05) is 31.2 Å². The summed E-state index contributed by atoms with van der Waals surface area (Å²) < 4.78 is 5.24. The molecule has 1 N–H and O–H groups in total. The lowest BCUT2D eigenvalue weighted by Gasteiger charge is -2.14. The topological polar surface area (TPSA) is 46.5 Å². The van der Waals surface area contributed by atoms with Crippen LogP contribution in [0.25, 0.3) is 0 Å². The molecule has 1 aromatic rings. The van der Waals surface area contributed by atoms with Gasteiger partial charge in [0, 0.05) is 7.11 Å². The van der Waals surface area contributed by atoms with Gasteiger partial charge in [-0.2, -0.15) is 0 Å². The molecule has 1 saturated carbocycles. The Hall–Kier alpha value is -1.35. The minimum absolute atomic E-state index is 0.00421. The average molecular weight is 220 g/mol. The highest BCUT2D eigenvalue weighted by molar-refractivity contribution is 5.84. The van der Waals surface area contributed by atoms with E-state index in [-0.39, 0.29) is 6.10 Å². The summed E-state index contributed by atoms with van der Waals surface area (Å²) in [6.45, 7) is 1.96. The third-order valence-corrected chi connectivity index (χ3v) is 3.42. The molecule has 0 spiro atoms. The van der Waals surface area contributed by atoms with Crippen LogP contribution < -0.4 is 0 Å². The number of aliphatic carboxylic acids is 1. The van der Waals surface area contributed by atoms with Crippen LogP contribution in [0.4, 0.5) is 0 Å². The van der Waals surface area contributed by atoms with E-state index < -0.39 is 11.4 Å². The summed E-state index contributed by atoms with van der Waals surface area (Å²) in [6, 6.07) is 7.72. The highest BCUT2D eigenvalue weighted by Crippen LogP contribution is 2.48. The number of hydrogen-bond donors (Lipinski definition) is 1. The zero-order valence-corrected chi connectivity index (χ0v) is 9.56. The van der Waals surface area contributed by atoms with E-state index in [2.05, 4.69) is 0 Å². The molecule has 3 heteroatoms. The van der Waals surface area contributed by atoms with Gasteiger partial charge in [-0.1, -0.05) is 24.3 Å². The third kappa shape index (κ3) is 1.71. The quantitative estimate of drug-likeness (QED) is 0.848. The van der Waals surface area contributed by atoms with Gasteiger partial charge in [0.15, 0.2) is 0 Å². The van der Waals surface area contributed by atoms with E-state index in [9.17, 15) is 9.90 Å². The smallest absolute Gasteiger partial charge is 0.314 e. The summed E-state index contributed by atoms with van der Waals surface area (Å²) in [4.78, 5) is 11.2. The molecule has 3 nitrogen and oxygen atoms in total. The number of rotatable bonds is 4. The second kappa shape index (κ2) is 3.91. The molecule has 1 aliphatic rings. The summed E-state index contributed by atoms with van der Waals surface area (Å²) in [5, 5.41) is 9.21. The number of carboxylic acids is 1. The zero-order chi connectivity index (χ0) is 11.8. The first kappa shape index (κ1) is 11.1. The molecule has 1 atom stereocenters. The van der Waals surface area contributed by atoms with Crippen LogP contribution in [0.15, 0.2) is 24.3 Å². The molecule has 1 fully saturated rings. The van der Waals surface area contributed by atoms with Crippen molar-refractivity contribution in [1.82, 2.24) is 0 Å². The lowest BCUT2D eigenvalue weighted by atomic mass is 9.93. The summed E-state index contributed by atoms with van der Waals surface area (Å²) in [6.07, 6.45) is 1.49. The normalized spacial score (nSPS) is 19.1. The molecule has 1 aromatic carbocycles. The largest absolute Gasteiger partial charge is 0.481 e. The van der Waals surface area contributed by atoms with Gasteiger partial charge in [-0.05, 0) is 30.9 Å². The number of carbonyl (C=O) groups is 1. The molecule has 1 aliphatic carbocycles. The first-order valence-electron chi connectivity index (χ1n) is 5.47. The molecule has 16 heavy (non-hydrogen) atoms. The van der Waals surface area contributed by atoms with Gasteiger partial charge in [-0.25, -0.2) is 0 Å². The third-order valence-electron chi connectivity index (χ3n) is 3.42. The van der Waals surface area contributed by atoms with Gasteiger partial charge in [-0.3, -0.25) is 4.79 Å². The first-order valence-corrected chi connectivity index (χ1v) is 5.47. The van der Waals surface area contributed by atoms with Crippen LogP contribution in [0.1, 0.15) is 37.0 Å². The van der Waals surface area contributed by atoms with E-state index in [1.165, 1.54) is 0 Å². The monoisotopic (exact) mass is 220 g/mol. The lowest BCUT2D eigenvalue weighted by molar-refractivity contribution is -0.140. The number of carboxylic acid groups (broad SMARTS) is 1. The molecule has 0 heterocycles. The van der Waals surface area contributed by atoms with Crippen molar-refractivity contribution >= 4 is 5.97 Å². The van der Waals surface area contributed by atoms with Gasteiger partial charge < -0.3 is 9.84 Å². The van der Waals surface area contributed by atoms with Crippen LogP contribution >= 0.6 is 0 Å². The van der Waals surface area contributed by atoms with Gasteiger partial charge in [0.2, 0.25) is 0 Å². The Morgan fingerprint density at radius 2 is 2.19 bits per heavy atom. The fourth-order valence-electron chi connectivity index (χ4n) is 1.98. The van der Waals surface area contributed by atoms with E-state index in [0.717, 1.165) is 24.0 Å². The maximum absolute atomic E-state index is 11.2. The summed E-state index contributed by atoms with van der Waals surface area (Å²) >= 11 is 0. The van der Waals surface area contributed by atoms with Gasteiger partial charge in [0.1, 0.15) is 0 Å². The fourth-order valence-corrected chi connectivity index (χ4v) is 1.98. The fraction of sp³-hybridized carbons (Fsp3) is 0.462. The van der Waals surface area contributed by atoms with Crippen LogP contribution in [0, 0.1) is 0 Å². The average Bonchev–Trinajstić information content (AvgIpc) is 3.09. The molecular formula is C13H16O3. The Kier molecular flexibility index (Phi) is 2.72. The summed E-state index contributed by atoms with van der Waals surface area (Å²) in [5.74, 6) is -0.713. The Morgan fingerprint density at radius 3 is 2.69 bits per heavy atom. The Balaban J connectivity index is 2.33. The van der Waals surface area contributed by atoms with Crippen molar-refractivity contribution in [2.45, 2.75) is 31.3 Å². The molecule has 0 bridgehead atoms. The molecule has 0 amide bonds. The minimum atomic E-state index is -0.713. The van der Waals surface area contributed by atoms with Gasteiger partial charge in [0.05, 0.1) is 11.5 Å². The molecule has 0 radical (unpaired) electrons. The molecular weight excluding hydrogens is 204 g/mol. The van der Waals surface area contributed by atoms with Crippen LogP contribution in [0.3, 0.4) is 0 Å². The second-order valence-electron chi connectivity index (χ2n) is 4.39. The van der Waals surface area contributed by atoms with Crippen molar-refractivity contribution < 1.29 is 14.6 Å². The first-order chi connectivity index (χ1) is 7.60. The molecule has 86 valence electrons. The zero-order valence-electron chi connectivity index (χ0n) is 9.56. The predicted octanol–water partition coefficient (Wildman–Crippen LogP) is 2.51. The Morgan fingerprint density at radius 1 is 1.50 bits per heavy atom. The molecule has 2 rings (SSSR count). The summed E-state index contributed by atoms with van der Waals surface area (Å²) in [7, 11) is 1.65. The van der Waals surface area contributed by atoms with Crippen LogP contribution in [-0.4, -0.2) is 18.2 Å². The highest BCUT2D eigenvalue weighted by atomic mass is 16.5. The maximum Gasteiger partial charge on any atom is 0.314 e. The van der Waals surface area contributed by atoms with Gasteiger partial charge in [0.25, 0.3) is 0 Å². The Bertz CT molecular complexity index is 407. The molecule has 1 unspecified atom stereocenters. The van der Waals surface area contributed by atoms with Crippen molar-refractivity contribution in [1.29, 1.82) is 0 Å². The van der Waals surface area contributed by atoms with Crippen molar-refractivity contribution in [2.24, 2.45) is 0 Å². The number of ether oxygens (including phenoxy) is 1. The van der Waals surface area contributed by atoms with E-state index in [1.54, 1.807) is 7.11 Å². The standard InChI is InChI=1S/C13H16O3/c1-9(16-2)10-4-3-5-11(8-10)13(6-7-13)12(14)15/h3-5,8-9H,6-7H2,1-2H3,(H,14,15). The summed E-state index contributed by atoms with van der Waals surface area (Å²) in [5.41, 5.74) is 1.32. The molecule has 0 saturated heterocycles. The van der Waals surface area contributed by atoms with Crippen LogP contribution in [0.5, 0.6) is 0 Å². The second-order valence-corrected chi connectivity index (χ2v) is 4.39. The Labute approximate surface area is 95.0 Å². The van der Waals surface area contributed by atoms with Gasteiger partial charge >= 0.3 is 5.97 Å². The maximum atomic E-state index is 11.2.